The fourth-order valence-electron chi connectivity index (χ4n) is 1.71. The molecule has 1 N–H and O–H groups in total. The van der Waals surface area contributed by atoms with Crippen molar-refractivity contribution >= 4 is 17.4 Å². The van der Waals surface area contributed by atoms with Crippen LogP contribution in [0.2, 0.25) is 0 Å². The number of alkyl carbamates (subject to hydrolysis) is 1. The molecule has 1 aromatic heterocycles. The summed E-state index contributed by atoms with van der Waals surface area (Å²) in [6.45, 7) is 2.17. The molecule has 94 valence electrons. The lowest BCUT2D eigenvalue weighted by Gasteiger charge is -2.17. The Labute approximate surface area is 110 Å². The molecule has 1 atom stereocenters. The van der Waals surface area contributed by atoms with E-state index in [9.17, 15) is 4.79 Å². The van der Waals surface area contributed by atoms with Crippen LogP contribution in [-0.4, -0.2) is 12.7 Å². The first-order chi connectivity index (χ1) is 8.81. The highest BCUT2D eigenvalue weighted by molar-refractivity contribution is 7.10. The monoisotopic (exact) mass is 261 g/mol. The second kappa shape index (κ2) is 6.21. The van der Waals surface area contributed by atoms with E-state index >= 15 is 0 Å². The van der Waals surface area contributed by atoms with Crippen molar-refractivity contribution in [2.45, 2.75) is 13.0 Å². The third-order valence-electron chi connectivity index (χ3n) is 2.50. The van der Waals surface area contributed by atoms with Crippen LogP contribution in [0, 0.1) is 0 Å². The van der Waals surface area contributed by atoms with Gasteiger partial charge in [0.1, 0.15) is 0 Å². The quantitative estimate of drug-likeness (QED) is 0.913. The lowest BCUT2D eigenvalue weighted by atomic mass is 10.1. The van der Waals surface area contributed by atoms with Gasteiger partial charge in [-0.2, -0.15) is 0 Å². The maximum Gasteiger partial charge on any atom is 0.407 e. The number of amides is 1. The van der Waals surface area contributed by atoms with Gasteiger partial charge in [-0.1, -0.05) is 36.4 Å². The molecule has 0 bridgehead atoms. The van der Waals surface area contributed by atoms with Crippen LogP contribution in [0.5, 0.6) is 0 Å². The Bertz CT molecular complexity index is 482. The number of benzene rings is 1. The molecule has 2 aromatic rings. The third kappa shape index (κ3) is 3.11. The molecule has 0 aliphatic rings. The number of carbonyl (C=O) groups excluding carboxylic acids is 1. The Morgan fingerprint density at radius 1 is 1.28 bits per heavy atom. The highest BCUT2D eigenvalue weighted by atomic mass is 32.1. The summed E-state index contributed by atoms with van der Waals surface area (Å²) in [6.07, 6.45) is -0.389. The molecule has 0 aliphatic carbocycles. The molecule has 0 radical (unpaired) electrons. The van der Waals surface area contributed by atoms with Crippen LogP contribution >= 0.6 is 11.3 Å². The van der Waals surface area contributed by atoms with Crippen molar-refractivity contribution in [3.05, 3.63) is 58.3 Å². The lowest BCUT2D eigenvalue weighted by molar-refractivity contribution is 0.150. The first-order valence-corrected chi connectivity index (χ1v) is 6.71. The molecule has 0 saturated carbocycles. The van der Waals surface area contributed by atoms with Gasteiger partial charge in [0.2, 0.25) is 0 Å². The predicted octanol–water partition coefficient (Wildman–Crippen LogP) is 3.58. The first-order valence-electron chi connectivity index (χ1n) is 5.83. The number of carbonyl (C=O) groups is 1. The van der Waals surface area contributed by atoms with Gasteiger partial charge in [0, 0.05) is 4.88 Å². The second-order valence-corrected chi connectivity index (χ2v) is 4.70. The number of hydrogen-bond acceptors (Lipinski definition) is 3. The molecule has 0 spiro atoms. The molecular formula is C14H15NO2S. The first kappa shape index (κ1) is 12.6. The second-order valence-electron chi connectivity index (χ2n) is 3.72. The van der Waals surface area contributed by atoms with Gasteiger partial charge in [0.05, 0.1) is 12.6 Å². The largest absolute Gasteiger partial charge is 0.450 e. The Morgan fingerprint density at radius 3 is 2.67 bits per heavy atom. The SMILES string of the molecule is CCOC(=O)NC(c1ccccc1)c1cccs1. The Balaban J connectivity index is 2.22. The molecule has 1 aromatic carbocycles. The minimum Gasteiger partial charge on any atom is -0.450 e. The molecule has 4 heteroatoms. The van der Waals surface area contributed by atoms with E-state index in [4.69, 9.17) is 4.74 Å². The van der Waals surface area contributed by atoms with E-state index < -0.39 is 0 Å². The average Bonchev–Trinajstić information content (AvgIpc) is 2.91. The van der Waals surface area contributed by atoms with Crippen LogP contribution in [0.4, 0.5) is 4.79 Å². The summed E-state index contributed by atoms with van der Waals surface area (Å²) >= 11 is 1.62. The van der Waals surface area contributed by atoms with Gasteiger partial charge in [-0.05, 0) is 23.9 Å². The Hall–Kier alpha value is -1.81. The van der Waals surface area contributed by atoms with Gasteiger partial charge in [0.25, 0.3) is 0 Å². The van der Waals surface area contributed by atoms with Gasteiger partial charge in [-0.3, -0.25) is 0 Å². The third-order valence-corrected chi connectivity index (χ3v) is 3.44. The van der Waals surface area contributed by atoms with E-state index in [2.05, 4.69) is 5.32 Å². The van der Waals surface area contributed by atoms with E-state index in [-0.39, 0.29) is 12.1 Å². The number of ether oxygens (including phenoxy) is 1. The molecule has 0 fully saturated rings. The standard InChI is InChI=1S/C14H15NO2S/c1-2-17-14(16)15-13(12-9-6-10-18-12)11-7-4-3-5-8-11/h3-10,13H,2H2,1H3,(H,15,16). The van der Waals surface area contributed by atoms with Gasteiger partial charge in [-0.15, -0.1) is 11.3 Å². The van der Waals surface area contributed by atoms with Crippen LogP contribution in [0.15, 0.2) is 47.8 Å². The van der Waals surface area contributed by atoms with E-state index in [1.54, 1.807) is 18.3 Å². The van der Waals surface area contributed by atoms with E-state index in [0.29, 0.717) is 6.61 Å². The van der Waals surface area contributed by atoms with Crippen molar-refractivity contribution in [3.63, 3.8) is 0 Å². The van der Waals surface area contributed by atoms with Crippen molar-refractivity contribution in [1.82, 2.24) is 5.32 Å². The summed E-state index contributed by atoms with van der Waals surface area (Å²) in [7, 11) is 0. The summed E-state index contributed by atoms with van der Waals surface area (Å²) in [5.41, 5.74) is 1.05. The topological polar surface area (TPSA) is 38.3 Å². The molecule has 3 nitrogen and oxygen atoms in total. The number of nitrogens with one attached hydrogen (secondary N) is 1. The van der Waals surface area contributed by atoms with Crippen LogP contribution in [-0.2, 0) is 4.74 Å². The van der Waals surface area contributed by atoms with Crippen LogP contribution in [0.3, 0.4) is 0 Å². The maximum absolute atomic E-state index is 11.6. The van der Waals surface area contributed by atoms with Crippen LogP contribution < -0.4 is 5.32 Å². The smallest absolute Gasteiger partial charge is 0.407 e. The molecular weight excluding hydrogens is 246 g/mol. The predicted molar refractivity (Wildman–Crippen MR) is 72.8 cm³/mol. The zero-order chi connectivity index (χ0) is 12.8. The summed E-state index contributed by atoms with van der Waals surface area (Å²) in [5, 5.41) is 4.88. The molecule has 2 rings (SSSR count). The van der Waals surface area contributed by atoms with Crippen molar-refractivity contribution in [1.29, 1.82) is 0 Å². The number of rotatable bonds is 4. The van der Waals surface area contributed by atoms with Crippen molar-refractivity contribution < 1.29 is 9.53 Å². The summed E-state index contributed by atoms with van der Waals surface area (Å²) < 4.78 is 4.95. The zero-order valence-electron chi connectivity index (χ0n) is 10.1. The average molecular weight is 261 g/mol. The fourth-order valence-corrected chi connectivity index (χ4v) is 2.51. The number of hydrogen-bond donors (Lipinski definition) is 1. The fraction of sp³-hybridized carbons (Fsp3) is 0.214. The van der Waals surface area contributed by atoms with Crippen LogP contribution in [0.1, 0.15) is 23.4 Å². The molecule has 18 heavy (non-hydrogen) atoms. The normalized spacial score (nSPS) is 11.8. The highest BCUT2D eigenvalue weighted by Crippen LogP contribution is 2.25. The van der Waals surface area contributed by atoms with Crippen molar-refractivity contribution in [2.24, 2.45) is 0 Å². The van der Waals surface area contributed by atoms with Gasteiger partial charge in [-0.25, -0.2) is 4.79 Å². The number of thiophene rings is 1. The molecule has 0 aliphatic heterocycles. The van der Waals surface area contributed by atoms with E-state index in [1.807, 2.05) is 47.8 Å². The molecule has 0 saturated heterocycles. The van der Waals surface area contributed by atoms with E-state index in [0.717, 1.165) is 10.4 Å². The summed E-state index contributed by atoms with van der Waals surface area (Å²) in [4.78, 5) is 12.7. The van der Waals surface area contributed by atoms with E-state index in [1.165, 1.54) is 0 Å². The summed E-state index contributed by atoms with van der Waals surface area (Å²) in [6, 6.07) is 13.7. The zero-order valence-corrected chi connectivity index (χ0v) is 10.9. The molecule has 1 unspecified atom stereocenters. The summed E-state index contributed by atoms with van der Waals surface area (Å²) in [5.74, 6) is 0. The van der Waals surface area contributed by atoms with Crippen LogP contribution in [0.25, 0.3) is 0 Å². The Kier molecular flexibility index (Phi) is 4.36. The minimum absolute atomic E-state index is 0.148. The van der Waals surface area contributed by atoms with Crippen molar-refractivity contribution in [3.8, 4) is 0 Å². The minimum atomic E-state index is -0.389. The van der Waals surface area contributed by atoms with Crippen molar-refractivity contribution in [2.75, 3.05) is 6.61 Å². The van der Waals surface area contributed by atoms with Gasteiger partial charge < -0.3 is 10.1 Å². The van der Waals surface area contributed by atoms with Gasteiger partial charge >= 0.3 is 6.09 Å². The lowest BCUT2D eigenvalue weighted by Crippen LogP contribution is -2.29. The maximum atomic E-state index is 11.6. The van der Waals surface area contributed by atoms with Gasteiger partial charge in [0.15, 0.2) is 0 Å². The molecule has 1 amide bonds. The Morgan fingerprint density at radius 2 is 2.06 bits per heavy atom. The highest BCUT2D eigenvalue weighted by Gasteiger charge is 2.17. The molecule has 1 heterocycles.